The summed E-state index contributed by atoms with van der Waals surface area (Å²) < 4.78 is 0. The fourth-order valence-corrected chi connectivity index (χ4v) is 3.66. The second-order valence-corrected chi connectivity index (χ2v) is 7.63. The van der Waals surface area contributed by atoms with Crippen LogP contribution in [-0.4, -0.2) is 21.9 Å². The summed E-state index contributed by atoms with van der Waals surface area (Å²) in [5.74, 6) is 0.210. The molecule has 3 N–H and O–H groups in total. The molecule has 0 aliphatic rings. The Kier molecular flexibility index (Phi) is 5.81. The van der Waals surface area contributed by atoms with E-state index >= 15 is 0 Å². The summed E-state index contributed by atoms with van der Waals surface area (Å²) in [6.45, 7) is 6.19. The lowest BCUT2D eigenvalue weighted by molar-refractivity contribution is 0.0967. The van der Waals surface area contributed by atoms with Crippen molar-refractivity contribution < 1.29 is 9.59 Å². The van der Waals surface area contributed by atoms with E-state index < -0.39 is 11.9 Å². The lowest BCUT2D eigenvalue weighted by Crippen LogP contribution is -2.34. The largest absolute Gasteiger partial charge is 0.339 e. The Morgan fingerprint density at radius 1 is 0.844 bits per heavy atom. The fraction of sp³-hybridized carbons (Fsp3) is 0.120. The van der Waals surface area contributed by atoms with Crippen molar-refractivity contribution in [3.8, 4) is 0 Å². The van der Waals surface area contributed by atoms with Crippen LogP contribution in [-0.2, 0) is 0 Å². The Balaban J connectivity index is 1.53. The van der Waals surface area contributed by atoms with Crippen molar-refractivity contribution in [2.24, 2.45) is 0 Å². The van der Waals surface area contributed by atoms with Crippen molar-refractivity contribution in [1.29, 1.82) is 0 Å². The molecule has 7 nitrogen and oxygen atoms in total. The average molecular weight is 425 g/mol. The van der Waals surface area contributed by atoms with E-state index in [0.29, 0.717) is 22.6 Å². The minimum atomic E-state index is -0.614. The van der Waals surface area contributed by atoms with E-state index in [2.05, 4.69) is 58.8 Å². The highest BCUT2D eigenvalue weighted by atomic mass is 16.2. The summed E-state index contributed by atoms with van der Waals surface area (Å²) in [7, 11) is 0. The lowest BCUT2D eigenvalue weighted by Gasteiger charge is -2.15. The minimum Gasteiger partial charge on any atom is -0.339 e. The number of carbonyl (C=O) groups is 2. The lowest BCUT2D eigenvalue weighted by atomic mass is 10.0. The van der Waals surface area contributed by atoms with Gasteiger partial charge in [0.25, 0.3) is 5.91 Å². The molecule has 32 heavy (non-hydrogen) atoms. The molecule has 7 heteroatoms. The Hall–Kier alpha value is -4.26. The first-order valence-electron chi connectivity index (χ1n) is 10.2. The van der Waals surface area contributed by atoms with Gasteiger partial charge >= 0.3 is 6.03 Å². The van der Waals surface area contributed by atoms with Crippen LogP contribution < -0.4 is 16.0 Å². The molecule has 0 unspecified atom stereocenters. The van der Waals surface area contributed by atoms with E-state index in [-0.39, 0.29) is 0 Å². The quantitative estimate of drug-likeness (QED) is 0.414. The Morgan fingerprint density at radius 3 is 2.28 bits per heavy atom. The van der Waals surface area contributed by atoms with E-state index in [9.17, 15) is 9.59 Å². The number of amides is 3. The zero-order valence-corrected chi connectivity index (χ0v) is 18.1. The number of hydrogen-bond acceptors (Lipinski definition) is 5. The van der Waals surface area contributed by atoms with Crippen LogP contribution in [0.15, 0.2) is 67.0 Å². The Morgan fingerprint density at radius 2 is 1.56 bits per heavy atom. The molecule has 0 spiro atoms. The van der Waals surface area contributed by atoms with Gasteiger partial charge in [0.15, 0.2) is 0 Å². The number of fused-ring (bicyclic) bond motifs is 1. The van der Waals surface area contributed by atoms with E-state index in [1.165, 1.54) is 11.9 Å². The molecule has 4 rings (SSSR count). The zero-order valence-electron chi connectivity index (χ0n) is 18.1. The second kappa shape index (κ2) is 8.85. The Labute approximate surface area is 185 Å². The molecular formula is C25H23N5O2. The van der Waals surface area contributed by atoms with Gasteiger partial charge in [-0.05, 0) is 62.2 Å². The number of anilines is 3. The van der Waals surface area contributed by atoms with Crippen LogP contribution >= 0.6 is 0 Å². The molecule has 0 saturated carbocycles. The van der Waals surface area contributed by atoms with Gasteiger partial charge in [-0.3, -0.25) is 10.1 Å². The molecule has 0 saturated heterocycles. The van der Waals surface area contributed by atoms with Gasteiger partial charge in [0.1, 0.15) is 12.1 Å². The molecule has 3 aromatic carbocycles. The third kappa shape index (κ3) is 4.57. The summed E-state index contributed by atoms with van der Waals surface area (Å²) in [4.78, 5) is 33.1. The molecule has 0 fully saturated rings. The van der Waals surface area contributed by atoms with E-state index in [1.54, 1.807) is 42.5 Å². The van der Waals surface area contributed by atoms with Gasteiger partial charge in [-0.1, -0.05) is 35.9 Å². The molecule has 3 amide bonds. The first-order valence-corrected chi connectivity index (χ1v) is 10.2. The van der Waals surface area contributed by atoms with Gasteiger partial charge in [0.05, 0.1) is 5.52 Å². The summed E-state index contributed by atoms with van der Waals surface area (Å²) in [5.41, 5.74) is 6.07. The van der Waals surface area contributed by atoms with Crippen molar-refractivity contribution in [3.05, 3.63) is 89.2 Å². The first kappa shape index (κ1) is 21.0. The van der Waals surface area contributed by atoms with Crippen molar-refractivity contribution in [1.82, 2.24) is 15.3 Å². The molecular weight excluding hydrogens is 402 g/mol. The molecule has 1 heterocycles. The molecule has 4 aromatic rings. The molecule has 0 bridgehead atoms. The predicted molar refractivity (Wildman–Crippen MR) is 126 cm³/mol. The molecule has 0 aliphatic carbocycles. The van der Waals surface area contributed by atoms with E-state index in [1.807, 2.05) is 6.07 Å². The molecule has 0 radical (unpaired) electrons. The summed E-state index contributed by atoms with van der Waals surface area (Å²) in [6.07, 6.45) is 1.48. The third-order valence-corrected chi connectivity index (χ3v) is 5.08. The zero-order chi connectivity index (χ0) is 22.7. The van der Waals surface area contributed by atoms with Crippen LogP contribution in [0.2, 0.25) is 0 Å². The van der Waals surface area contributed by atoms with Crippen LogP contribution in [0.5, 0.6) is 0 Å². The monoisotopic (exact) mass is 425 g/mol. The van der Waals surface area contributed by atoms with Crippen LogP contribution in [0, 0.1) is 20.8 Å². The van der Waals surface area contributed by atoms with E-state index in [4.69, 9.17) is 0 Å². The average Bonchev–Trinajstić information content (AvgIpc) is 2.76. The normalized spacial score (nSPS) is 10.6. The number of carbonyl (C=O) groups excluding carboxylic acids is 2. The van der Waals surface area contributed by atoms with Gasteiger partial charge < -0.3 is 10.6 Å². The van der Waals surface area contributed by atoms with Crippen molar-refractivity contribution in [2.45, 2.75) is 20.8 Å². The standard InChI is InChI=1S/C25H23N5O2/c1-15-11-16(2)22(17(3)12-15)29-23-20-10-9-19(13-21(20)26-14-27-23)28-25(32)30-24(31)18-7-5-4-6-8-18/h4-14H,1-3H3,(H,26,27,29)(H2,28,30,31,32). The van der Waals surface area contributed by atoms with Gasteiger partial charge in [-0.2, -0.15) is 0 Å². The van der Waals surface area contributed by atoms with Crippen molar-refractivity contribution >= 4 is 40.0 Å². The molecule has 160 valence electrons. The molecule has 0 aliphatic heterocycles. The number of imide groups is 1. The molecule has 0 atom stereocenters. The number of aromatic nitrogens is 2. The first-order chi connectivity index (χ1) is 15.4. The number of nitrogens with zero attached hydrogens (tertiary/aromatic N) is 2. The van der Waals surface area contributed by atoms with Crippen molar-refractivity contribution in [3.63, 3.8) is 0 Å². The number of nitrogens with one attached hydrogen (secondary N) is 3. The SMILES string of the molecule is Cc1cc(C)c(Nc2ncnc3cc(NC(=O)NC(=O)c4ccccc4)ccc23)c(C)c1. The predicted octanol–water partition coefficient (Wildman–Crippen LogP) is 5.26. The summed E-state index contributed by atoms with van der Waals surface area (Å²) in [5, 5.41) is 9.23. The summed E-state index contributed by atoms with van der Waals surface area (Å²) in [6, 6.07) is 17.5. The maximum Gasteiger partial charge on any atom is 0.326 e. The van der Waals surface area contributed by atoms with E-state index in [0.717, 1.165) is 22.2 Å². The second-order valence-electron chi connectivity index (χ2n) is 7.63. The van der Waals surface area contributed by atoms with Crippen LogP contribution in [0.4, 0.5) is 22.0 Å². The fourth-order valence-electron chi connectivity index (χ4n) is 3.66. The number of aryl methyl sites for hydroxylation is 3. The maximum absolute atomic E-state index is 12.3. The third-order valence-electron chi connectivity index (χ3n) is 5.08. The number of rotatable bonds is 4. The smallest absolute Gasteiger partial charge is 0.326 e. The molecule has 1 aromatic heterocycles. The highest BCUT2D eigenvalue weighted by Crippen LogP contribution is 2.29. The summed E-state index contributed by atoms with van der Waals surface area (Å²) >= 11 is 0. The van der Waals surface area contributed by atoms with Gasteiger partial charge in [0.2, 0.25) is 0 Å². The Bertz CT molecular complexity index is 1300. The number of benzene rings is 3. The van der Waals surface area contributed by atoms with Crippen LogP contribution in [0.1, 0.15) is 27.0 Å². The van der Waals surface area contributed by atoms with Crippen LogP contribution in [0.3, 0.4) is 0 Å². The number of urea groups is 1. The van der Waals surface area contributed by atoms with Crippen LogP contribution in [0.25, 0.3) is 10.9 Å². The van der Waals surface area contributed by atoms with Crippen molar-refractivity contribution in [2.75, 3.05) is 10.6 Å². The van der Waals surface area contributed by atoms with Gasteiger partial charge in [-0.15, -0.1) is 0 Å². The van der Waals surface area contributed by atoms with Gasteiger partial charge in [-0.25, -0.2) is 14.8 Å². The number of hydrogen-bond donors (Lipinski definition) is 3. The topological polar surface area (TPSA) is 96.0 Å². The highest BCUT2D eigenvalue weighted by Gasteiger charge is 2.12. The highest BCUT2D eigenvalue weighted by molar-refractivity contribution is 6.08. The van der Waals surface area contributed by atoms with Gasteiger partial charge in [0, 0.05) is 22.3 Å². The maximum atomic E-state index is 12.3. The minimum absolute atomic E-state index is 0.409.